The molecule has 0 aliphatic heterocycles. The van der Waals surface area contributed by atoms with Gasteiger partial charge >= 0.3 is 0 Å². The van der Waals surface area contributed by atoms with Crippen molar-refractivity contribution in [2.24, 2.45) is 0 Å². The van der Waals surface area contributed by atoms with Crippen molar-refractivity contribution in [2.75, 3.05) is 13.2 Å². The van der Waals surface area contributed by atoms with E-state index in [9.17, 15) is 0 Å². The molecule has 108 valence electrons. The van der Waals surface area contributed by atoms with Gasteiger partial charge in [0.15, 0.2) is 0 Å². The molecular formula is C17H23NO2. The van der Waals surface area contributed by atoms with Gasteiger partial charge in [0.25, 0.3) is 0 Å². The summed E-state index contributed by atoms with van der Waals surface area (Å²) < 4.78 is 11.3. The van der Waals surface area contributed by atoms with Gasteiger partial charge in [-0.2, -0.15) is 0 Å². The number of benzene rings is 1. The molecule has 0 spiro atoms. The Labute approximate surface area is 120 Å². The Morgan fingerprint density at radius 3 is 2.45 bits per heavy atom. The zero-order chi connectivity index (χ0) is 14.2. The summed E-state index contributed by atoms with van der Waals surface area (Å²) in [6.45, 7) is 6.99. The van der Waals surface area contributed by atoms with Gasteiger partial charge in [-0.1, -0.05) is 32.0 Å². The maximum atomic E-state index is 5.69. The van der Waals surface area contributed by atoms with Gasteiger partial charge in [0.05, 0.1) is 18.9 Å². The molecule has 3 nitrogen and oxygen atoms in total. The fourth-order valence-corrected chi connectivity index (χ4v) is 2.25. The first-order valence-corrected chi connectivity index (χ1v) is 7.37. The van der Waals surface area contributed by atoms with Crippen molar-refractivity contribution in [2.45, 2.75) is 39.9 Å². The van der Waals surface area contributed by atoms with E-state index < -0.39 is 0 Å². The fraction of sp³-hybridized carbons (Fsp3) is 0.471. The second kappa shape index (κ2) is 7.98. The molecule has 0 unspecified atom stereocenters. The number of aromatic nitrogens is 1. The number of fused-ring (bicyclic) bond motifs is 1. The quantitative estimate of drug-likeness (QED) is 0.679. The Balaban J connectivity index is 2.26. The van der Waals surface area contributed by atoms with Gasteiger partial charge in [-0.3, -0.25) is 4.98 Å². The highest BCUT2D eigenvalue weighted by atomic mass is 16.5. The lowest BCUT2D eigenvalue weighted by molar-refractivity contribution is 0.118. The Kier molecular flexibility index (Phi) is 5.96. The minimum Gasteiger partial charge on any atom is -0.377 e. The second-order valence-corrected chi connectivity index (χ2v) is 4.88. The fourth-order valence-electron chi connectivity index (χ4n) is 2.25. The average molecular weight is 273 g/mol. The Bertz CT molecular complexity index is 495. The maximum Gasteiger partial charge on any atom is 0.0894 e. The van der Waals surface area contributed by atoms with Crippen molar-refractivity contribution in [3.8, 4) is 0 Å². The molecule has 0 atom stereocenters. The molecule has 0 radical (unpaired) electrons. The molecule has 3 heteroatoms. The van der Waals surface area contributed by atoms with E-state index in [4.69, 9.17) is 9.47 Å². The zero-order valence-electron chi connectivity index (χ0n) is 12.4. The SMILES string of the molecule is CCCOCc1cccc2ccnc(COCCC)c12. The van der Waals surface area contributed by atoms with Gasteiger partial charge in [-0.25, -0.2) is 0 Å². The number of rotatable bonds is 8. The van der Waals surface area contributed by atoms with Gasteiger partial charge in [-0.15, -0.1) is 0 Å². The van der Waals surface area contributed by atoms with Crippen LogP contribution in [0.2, 0.25) is 0 Å². The van der Waals surface area contributed by atoms with Gasteiger partial charge in [0, 0.05) is 24.8 Å². The number of hydrogen-bond acceptors (Lipinski definition) is 3. The van der Waals surface area contributed by atoms with Crippen LogP contribution < -0.4 is 0 Å². The van der Waals surface area contributed by atoms with E-state index in [1.54, 1.807) is 0 Å². The third-order valence-electron chi connectivity index (χ3n) is 3.15. The van der Waals surface area contributed by atoms with E-state index in [2.05, 4.69) is 37.0 Å². The van der Waals surface area contributed by atoms with Gasteiger partial charge in [-0.05, 0) is 29.9 Å². The van der Waals surface area contributed by atoms with Crippen LogP contribution in [0.25, 0.3) is 10.8 Å². The van der Waals surface area contributed by atoms with E-state index in [1.807, 2.05) is 12.3 Å². The zero-order valence-corrected chi connectivity index (χ0v) is 12.4. The molecule has 0 aliphatic carbocycles. The molecule has 0 N–H and O–H groups in total. The highest BCUT2D eigenvalue weighted by molar-refractivity contribution is 5.87. The highest BCUT2D eigenvalue weighted by Crippen LogP contribution is 2.23. The number of ether oxygens (including phenoxy) is 2. The molecule has 0 fully saturated rings. The van der Waals surface area contributed by atoms with E-state index in [-0.39, 0.29) is 0 Å². The molecule has 2 aromatic rings. The summed E-state index contributed by atoms with van der Waals surface area (Å²) in [6.07, 6.45) is 3.91. The lowest BCUT2D eigenvalue weighted by Crippen LogP contribution is -2.01. The molecule has 0 aliphatic rings. The summed E-state index contributed by atoms with van der Waals surface area (Å²) >= 11 is 0. The van der Waals surface area contributed by atoms with Crippen LogP contribution in [0, 0.1) is 0 Å². The molecular weight excluding hydrogens is 250 g/mol. The second-order valence-electron chi connectivity index (χ2n) is 4.88. The standard InChI is InChI=1S/C17H23NO2/c1-3-10-19-12-15-7-5-6-14-8-9-18-16(17(14)15)13-20-11-4-2/h5-9H,3-4,10-13H2,1-2H3. The third kappa shape index (κ3) is 3.78. The van der Waals surface area contributed by atoms with Crippen molar-refractivity contribution in [3.63, 3.8) is 0 Å². The van der Waals surface area contributed by atoms with Crippen LogP contribution in [-0.2, 0) is 22.7 Å². The lowest BCUT2D eigenvalue weighted by Gasteiger charge is -2.11. The molecule has 20 heavy (non-hydrogen) atoms. The molecule has 0 saturated heterocycles. The number of hydrogen-bond donors (Lipinski definition) is 0. The first-order chi connectivity index (χ1) is 9.86. The normalized spacial score (nSPS) is 11.1. The molecule has 0 amide bonds. The minimum absolute atomic E-state index is 0.565. The van der Waals surface area contributed by atoms with Crippen molar-refractivity contribution in [3.05, 3.63) is 41.7 Å². The van der Waals surface area contributed by atoms with Crippen molar-refractivity contribution in [1.29, 1.82) is 0 Å². The van der Waals surface area contributed by atoms with Crippen molar-refractivity contribution >= 4 is 10.8 Å². The molecule has 1 aromatic heterocycles. The smallest absolute Gasteiger partial charge is 0.0894 e. The Morgan fingerprint density at radius 2 is 1.70 bits per heavy atom. The number of pyridine rings is 1. The molecule has 2 rings (SSSR count). The van der Waals surface area contributed by atoms with Crippen molar-refractivity contribution in [1.82, 2.24) is 4.98 Å². The predicted octanol–water partition coefficient (Wildman–Crippen LogP) is 4.09. The summed E-state index contributed by atoms with van der Waals surface area (Å²) in [7, 11) is 0. The summed E-state index contributed by atoms with van der Waals surface area (Å²) in [4.78, 5) is 4.49. The van der Waals surface area contributed by atoms with Crippen LogP contribution in [0.3, 0.4) is 0 Å². The maximum absolute atomic E-state index is 5.69. The Morgan fingerprint density at radius 1 is 0.950 bits per heavy atom. The van der Waals surface area contributed by atoms with E-state index in [1.165, 1.54) is 16.3 Å². The van der Waals surface area contributed by atoms with E-state index >= 15 is 0 Å². The lowest BCUT2D eigenvalue weighted by atomic mass is 10.0. The van der Waals surface area contributed by atoms with Gasteiger partial charge in [0.2, 0.25) is 0 Å². The monoisotopic (exact) mass is 273 g/mol. The third-order valence-corrected chi connectivity index (χ3v) is 3.15. The predicted molar refractivity (Wildman–Crippen MR) is 81.6 cm³/mol. The first kappa shape index (κ1) is 14.9. The average Bonchev–Trinajstić information content (AvgIpc) is 2.48. The summed E-state index contributed by atoms with van der Waals surface area (Å²) in [6, 6.07) is 8.35. The van der Waals surface area contributed by atoms with Crippen LogP contribution in [0.1, 0.15) is 37.9 Å². The molecule has 1 aromatic carbocycles. The number of nitrogens with zero attached hydrogens (tertiary/aromatic N) is 1. The minimum atomic E-state index is 0.565. The molecule has 0 bridgehead atoms. The van der Waals surface area contributed by atoms with Crippen LogP contribution in [0.4, 0.5) is 0 Å². The molecule has 1 heterocycles. The van der Waals surface area contributed by atoms with Crippen LogP contribution in [0.15, 0.2) is 30.5 Å². The summed E-state index contributed by atoms with van der Waals surface area (Å²) in [5.74, 6) is 0. The van der Waals surface area contributed by atoms with Gasteiger partial charge < -0.3 is 9.47 Å². The molecule has 0 saturated carbocycles. The Hall–Kier alpha value is -1.45. The van der Waals surface area contributed by atoms with Crippen LogP contribution in [0.5, 0.6) is 0 Å². The first-order valence-electron chi connectivity index (χ1n) is 7.37. The topological polar surface area (TPSA) is 31.4 Å². The van der Waals surface area contributed by atoms with Gasteiger partial charge in [0.1, 0.15) is 0 Å². The summed E-state index contributed by atoms with van der Waals surface area (Å²) in [5.41, 5.74) is 2.20. The van der Waals surface area contributed by atoms with Crippen LogP contribution >= 0.6 is 0 Å². The van der Waals surface area contributed by atoms with Crippen molar-refractivity contribution < 1.29 is 9.47 Å². The van der Waals surface area contributed by atoms with E-state index in [0.29, 0.717) is 13.2 Å². The van der Waals surface area contributed by atoms with E-state index in [0.717, 1.165) is 31.7 Å². The highest BCUT2D eigenvalue weighted by Gasteiger charge is 2.08. The largest absolute Gasteiger partial charge is 0.377 e. The summed E-state index contributed by atoms with van der Waals surface area (Å²) in [5, 5.41) is 2.38. The van der Waals surface area contributed by atoms with Crippen LogP contribution in [-0.4, -0.2) is 18.2 Å².